The highest BCUT2D eigenvalue weighted by Crippen LogP contribution is 2.24. The molecule has 1 fully saturated rings. The van der Waals surface area contributed by atoms with E-state index in [2.05, 4.69) is 23.7 Å². The number of anilines is 1. The smallest absolute Gasteiger partial charge is 0.254 e. The molecule has 0 atom stereocenters. The van der Waals surface area contributed by atoms with Gasteiger partial charge in [0.2, 0.25) is 0 Å². The third kappa shape index (κ3) is 3.14. The van der Waals surface area contributed by atoms with Crippen LogP contribution < -0.4 is 4.90 Å². The van der Waals surface area contributed by atoms with E-state index in [9.17, 15) is 4.79 Å². The Kier molecular flexibility index (Phi) is 4.43. The summed E-state index contributed by atoms with van der Waals surface area (Å²) in [4.78, 5) is 22.4. The first-order valence-corrected chi connectivity index (χ1v) is 8.57. The Bertz CT molecular complexity index is 630. The first kappa shape index (κ1) is 15.0. The fourth-order valence-corrected chi connectivity index (χ4v) is 3.53. The predicted molar refractivity (Wildman–Crippen MR) is 90.8 cm³/mol. The lowest BCUT2D eigenvalue weighted by atomic mass is 10.1. The van der Waals surface area contributed by atoms with Gasteiger partial charge in [0.1, 0.15) is 5.82 Å². The molecule has 0 saturated carbocycles. The van der Waals surface area contributed by atoms with Crippen LogP contribution in [0.25, 0.3) is 0 Å². The van der Waals surface area contributed by atoms with Crippen molar-refractivity contribution in [3.63, 3.8) is 0 Å². The highest BCUT2D eigenvalue weighted by Gasteiger charge is 2.23. The molecule has 2 aromatic rings. The summed E-state index contributed by atoms with van der Waals surface area (Å²) in [6.07, 6.45) is 1.81. The molecular weight excluding hydrogens is 294 g/mol. The van der Waals surface area contributed by atoms with Gasteiger partial charge in [-0.25, -0.2) is 4.98 Å². The average Bonchev–Trinajstić information content (AvgIpc) is 3.05. The molecule has 0 spiro atoms. The number of aromatic nitrogens is 1. The van der Waals surface area contributed by atoms with Gasteiger partial charge in [-0.15, -0.1) is 11.3 Å². The van der Waals surface area contributed by atoms with Crippen molar-refractivity contribution >= 4 is 23.1 Å². The number of thiophene rings is 1. The van der Waals surface area contributed by atoms with E-state index in [1.165, 1.54) is 4.88 Å². The molecule has 1 amide bonds. The van der Waals surface area contributed by atoms with Crippen molar-refractivity contribution in [2.75, 3.05) is 31.1 Å². The Balaban J connectivity index is 1.62. The molecule has 0 radical (unpaired) electrons. The second-order valence-corrected chi connectivity index (χ2v) is 6.80. The number of hydrogen-bond acceptors (Lipinski definition) is 4. The highest BCUT2D eigenvalue weighted by molar-refractivity contribution is 7.10. The number of rotatable bonds is 3. The van der Waals surface area contributed by atoms with Crippen LogP contribution in [-0.4, -0.2) is 42.0 Å². The van der Waals surface area contributed by atoms with Crippen LogP contribution in [0.1, 0.15) is 35.0 Å². The Morgan fingerprint density at radius 2 is 2.00 bits per heavy atom. The van der Waals surface area contributed by atoms with E-state index in [1.54, 1.807) is 11.3 Å². The zero-order chi connectivity index (χ0) is 15.5. The Morgan fingerprint density at radius 1 is 1.23 bits per heavy atom. The largest absolute Gasteiger partial charge is 0.353 e. The van der Waals surface area contributed by atoms with Gasteiger partial charge in [0, 0.05) is 42.6 Å². The van der Waals surface area contributed by atoms with Gasteiger partial charge in [0.25, 0.3) is 5.91 Å². The van der Waals surface area contributed by atoms with Gasteiger partial charge in [0.15, 0.2) is 0 Å². The van der Waals surface area contributed by atoms with Crippen LogP contribution in [0.5, 0.6) is 0 Å². The summed E-state index contributed by atoms with van der Waals surface area (Å²) in [5, 5.41) is 1.99. The first-order valence-electron chi connectivity index (χ1n) is 7.69. The molecule has 1 aliphatic rings. The number of piperazine rings is 1. The summed E-state index contributed by atoms with van der Waals surface area (Å²) in [5.41, 5.74) is 0.833. The van der Waals surface area contributed by atoms with Crippen molar-refractivity contribution in [1.29, 1.82) is 0 Å². The molecule has 0 N–H and O–H groups in total. The van der Waals surface area contributed by atoms with Gasteiger partial charge in [-0.05, 0) is 24.1 Å². The number of pyridine rings is 1. The summed E-state index contributed by atoms with van der Waals surface area (Å²) in [6.45, 7) is 7.50. The number of carbonyl (C=O) groups excluding carboxylic acids is 1. The number of carbonyl (C=O) groups is 1. The maximum Gasteiger partial charge on any atom is 0.254 e. The first-order chi connectivity index (χ1) is 10.6. The van der Waals surface area contributed by atoms with E-state index in [4.69, 9.17) is 0 Å². The van der Waals surface area contributed by atoms with Crippen LogP contribution in [0.2, 0.25) is 0 Å². The minimum Gasteiger partial charge on any atom is -0.353 e. The molecule has 4 nitrogen and oxygen atoms in total. The van der Waals surface area contributed by atoms with E-state index in [-0.39, 0.29) is 5.91 Å². The number of amides is 1. The molecule has 3 rings (SSSR count). The van der Waals surface area contributed by atoms with E-state index in [0.29, 0.717) is 5.92 Å². The van der Waals surface area contributed by atoms with Crippen LogP contribution in [0, 0.1) is 0 Å². The minimum atomic E-state index is 0.156. The van der Waals surface area contributed by atoms with Gasteiger partial charge in [-0.3, -0.25) is 4.79 Å². The molecule has 0 unspecified atom stereocenters. The Labute approximate surface area is 135 Å². The van der Waals surface area contributed by atoms with Crippen LogP contribution in [0.4, 0.5) is 5.82 Å². The fraction of sp³-hybridized carbons (Fsp3) is 0.412. The van der Waals surface area contributed by atoms with Crippen LogP contribution in [0.15, 0.2) is 35.8 Å². The summed E-state index contributed by atoms with van der Waals surface area (Å²) < 4.78 is 0. The molecule has 0 aromatic carbocycles. The number of nitrogens with zero attached hydrogens (tertiary/aromatic N) is 3. The summed E-state index contributed by atoms with van der Waals surface area (Å²) in [7, 11) is 0. The van der Waals surface area contributed by atoms with Gasteiger partial charge in [-0.1, -0.05) is 19.9 Å². The van der Waals surface area contributed by atoms with E-state index < -0.39 is 0 Å². The molecule has 0 bridgehead atoms. The van der Waals surface area contributed by atoms with Gasteiger partial charge < -0.3 is 9.80 Å². The molecule has 22 heavy (non-hydrogen) atoms. The molecule has 5 heteroatoms. The van der Waals surface area contributed by atoms with Crippen LogP contribution in [-0.2, 0) is 0 Å². The standard InChI is InChI=1S/C17H21N3OS/c1-13(2)15-11-14(12-22-15)17(21)20-9-7-19(8-10-20)16-5-3-4-6-18-16/h3-6,11-13H,7-10H2,1-2H3. The number of hydrogen-bond donors (Lipinski definition) is 0. The average molecular weight is 315 g/mol. The topological polar surface area (TPSA) is 36.4 Å². The molecule has 2 aromatic heterocycles. The van der Waals surface area contributed by atoms with Crippen LogP contribution >= 0.6 is 11.3 Å². The Morgan fingerprint density at radius 3 is 2.59 bits per heavy atom. The van der Waals surface area contributed by atoms with E-state index in [0.717, 1.165) is 37.6 Å². The highest BCUT2D eigenvalue weighted by atomic mass is 32.1. The van der Waals surface area contributed by atoms with E-state index >= 15 is 0 Å². The predicted octanol–water partition coefficient (Wildman–Crippen LogP) is 3.23. The fourth-order valence-electron chi connectivity index (χ4n) is 2.63. The second kappa shape index (κ2) is 6.48. The lowest BCUT2D eigenvalue weighted by molar-refractivity contribution is 0.0747. The molecule has 1 aliphatic heterocycles. The minimum absolute atomic E-state index is 0.156. The molecule has 1 saturated heterocycles. The molecular formula is C17H21N3OS. The summed E-state index contributed by atoms with van der Waals surface area (Å²) in [6, 6.07) is 7.99. The van der Waals surface area contributed by atoms with E-state index in [1.807, 2.05) is 40.7 Å². The zero-order valence-corrected chi connectivity index (χ0v) is 13.8. The SMILES string of the molecule is CC(C)c1cc(C(=O)N2CCN(c3ccccn3)CC2)cs1. The molecule has 0 aliphatic carbocycles. The normalized spacial score (nSPS) is 15.4. The monoisotopic (exact) mass is 315 g/mol. The van der Waals surface area contributed by atoms with Crippen molar-refractivity contribution in [2.45, 2.75) is 19.8 Å². The summed E-state index contributed by atoms with van der Waals surface area (Å²) >= 11 is 1.68. The third-order valence-corrected chi connectivity index (χ3v) is 5.21. The second-order valence-electron chi connectivity index (χ2n) is 5.86. The van der Waals surface area contributed by atoms with Gasteiger partial charge in [-0.2, -0.15) is 0 Å². The third-order valence-electron chi connectivity index (χ3n) is 3.98. The lowest BCUT2D eigenvalue weighted by Crippen LogP contribution is -2.49. The van der Waals surface area contributed by atoms with Crippen molar-refractivity contribution < 1.29 is 4.79 Å². The summed E-state index contributed by atoms with van der Waals surface area (Å²) in [5.74, 6) is 1.63. The van der Waals surface area contributed by atoms with Crippen LogP contribution in [0.3, 0.4) is 0 Å². The van der Waals surface area contributed by atoms with Crippen molar-refractivity contribution in [2.24, 2.45) is 0 Å². The Hall–Kier alpha value is -1.88. The zero-order valence-electron chi connectivity index (χ0n) is 13.0. The lowest BCUT2D eigenvalue weighted by Gasteiger charge is -2.35. The van der Waals surface area contributed by atoms with Crippen molar-refractivity contribution in [3.8, 4) is 0 Å². The van der Waals surface area contributed by atoms with Crippen molar-refractivity contribution in [3.05, 3.63) is 46.3 Å². The molecule has 116 valence electrons. The maximum absolute atomic E-state index is 12.6. The van der Waals surface area contributed by atoms with Gasteiger partial charge >= 0.3 is 0 Å². The maximum atomic E-state index is 12.6. The molecule has 3 heterocycles. The van der Waals surface area contributed by atoms with Crippen molar-refractivity contribution in [1.82, 2.24) is 9.88 Å². The quantitative estimate of drug-likeness (QED) is 0.872. The van der Waals surface area contributed by atoms with Gasteiger partial charge in [0.05, 0.1) is 5.56 Å².